The van der Waals surface area contributed by atoms with E-state index >= 15 is 0 Å². The van der Waals surface area contributed by atoms with Crippen LogP contribution in [-0.2, 0) is 19.3 Å². The number of hydrogen-bond acceptors (Lipinski definition) is 1. The van der Waals surface area contributed by atoms with Gasteiger partial charge in [-0.3, -0.25) is 0 Å². The maximum absolute atomic E-state index is 10.6. The first-order valence-electron chi connectivity index (χ1n) is 7.17. The molecule has 0 spiro atoms. The van der Waals surface area contributed by atoms with Crippen molar-refractivity contribution in [1.29, 1.82) is 0 Å². The highest BCUT2D eigenvalue weighted by Gasteiger charge is 2.17. The van der Waals surface area contributed by atoms with E-state index in [-0.39, 0.29) is 0 Å². The lowest BCUT2D eigenvalue weighted by molar-refractivity contribution is 0.219. The van der Waals surface area contributed by atoms with Crippen LogP contribution >= 0.6 is 0 Å². The lowest BCUT2D eigenvalue weighted by atomic mass is 9.94. The van der Waals surface area contributed by atoms with Gasteiger partial charge in [0.15, 0.2) is 0 Å². The van der Waals surface area contributed by atoms with Crippen molar-refractivity contribution in [2.24, 2.45) is 0 Å². The van der Waals surface area contributed by atoms with E-state index in [1.54, 1.807) is 0 Å². The van der Waals surface area contributed by atoms with Gasteiger partial charge in [0.2, 0.25) is 0 Å². The fourth-order valence-electron chi connectivity index (χ4n) is 3.06. The van der Waals surface area contributed by atoms with Crippen LogP contribution in [0.5, 0.6) is 0 Å². The average molecular weight is 252 g/mol. The van der Waals surface area contributed by atoms with Crippen LogP contribution in [0.1, 0.15) is 47.3 Å². The van der Waals surface area contributed by atoms with E-state index in [1.165, 1.54) is 29.5 Å². The minimum absolute atomic E-state index is 0.498. The smallest absolute Gasteiger partial charge is 0.104 e. The lowest BCUT2D eigenvalue weighted by Crippen LogP contribution is -2.04. The number of fused-ring (bicyclic) bond motifs is 1. The van der Waals surface area contributed by atoms with Crippen LogP contribution in [0.2, 0.25) is 0 Å². The van der Waals surface area contributed by atoms with E-state index in [1.807, 2.05) is 18.2 Å². The number of aryl methyl sites for hydroxylation is 3. The first-order valence-corrected chi connectivity index (χ1v) is 7.17. The number of benzene rings is 2. The zero-order valence-corrected chi connectivity index (χ0v) is 11.4. The Hall–Kier alpha value is -1.60. The SMILES string of the molecule is CCc1ccccc1C(O)c1ccc2c(c1)CCC2. The Kier molecular flexibility index (Phi) is 3.39. The molecule has 1 nitrogen and oxygen atoms in total. The van der Waals surface area contributed by atoms with E-state index in [2.05, 4.69) is 31.2 Å². The third kappa shape index (κ3) is 2.31. The van der Waals surface area contributed by atoms with Crippen LogP contribution < -0.4 is 0 Å². The first-order chi connectivity index (χ1) is 9.29. The molecule has 1 N–H and O–H groups in total. The maximum atomic E-state index is 10.6. The Labute approximate surface area is 114 Å². The van der Waals surface area contributed by atoms with Gasteiger partial charge >= 0.3 is 0 Å². The monoisotopic (exact) mass is 252 g/mol. The summed E-state index contributed by atoms with van der Waals surface area (Å²) in [4.78, 5) is 0. The third-order valence-corrected chi connectivity index (χ3v) is 4.17. The van der Waals surface area contributed by atoms with E-state index in [9.17, 15) is 5.11 Å². The lowest BCUT2D eigenvalue weighted by Gasteiger charge is -2.16. The molecule has 2 aromatic rings. The van der Waals surface area contributed by atoms with Crippen LogP contribution in [0.4, 0.5) is 0 Å². The van der Waals surface area contributed by atoms with Gasteiger partial charge in [0.1, 0.15) is 6.10 Å². The molecule has 3 rings (SSSR count). The van der Waals surface area contributed by atoms with Gasteiger partial charge in [0.05, 0.1) is 0 Å². The summed E-state index contributed by atoms with van der Waals surface area (Å²) in [6.45, 7) is 2.13. The Morgan fingerprint density at radius 1 is 1.05 bits per heavy atom. The molecule has 0 saturated carbocycles. The molecule has 1 heteroatoms. The van der Waals surface area contributed by atoms with Crippen molar-refractivity contribution in [1.82, 2.24) is 0 Å². The number of hydrogen-bond donors (Lipinski definition) is 1. The summed E-state index contributed by atoms with van der Waals surface area (Å²) in [5.74, 6) is 0. The quantitative estimate of drug-likeness (QED) is 0.880. The van der Waals surface area contributed by atoms with E-state index in [0.29, 0.717) is 0 Å². The summed E-state index contributed by atoms with van der Waals surface area (Å²) < 4.78 is 0. The predicted octanol–water partition coefficient (Wildman–Crippen LogP) is 3.82. The molecule has 0 radical (unpaired) electrons. The van der Waals surface area contributed by atoms with Gasteiger partial charge in [-0.15, -0.1) is 0 Å². The molecule has 0 saturated heterocycles. The molecule has 98 valence electrons. The first kappa shape index (κ1) is 12.4. The van der Waals surface area contributed by atoms with Gasteiger partial charge < -0.3 is 5.11 Å². The highest BCUT2D eigenvalue weighted by atomic mass is 16.3. The molecule has 0 heterocycles. The highest BCUT2D eigenvalue weighted by molar-refractivity contribution is 5.41. The minimum Gasteiger partial charge on any atom is -0.384 e. The second-order valence-corrected chi connectivity index (χ2v) is 5.34. The number of aliphatic hydroxyl groups excluding tert-OH is 1. The summed E-state index contributed by atoms with van der Waals surface area (Å²) in [6.07, 6.45) is 4.06. The van der Waals surface area contributed by atoms with E-state index in [0.717, 1.165) is 24.0 Å². The van der Waals surface area contributed by atoms with Gasteiger partial charge in [-0.05, 0) is 53.5 Å². The highest BCUT2D eigenvalue weighted by Crippen LogP contribution is 2.29. The Bertz CT molecular complexity index is 586. The third-order valence-electron chi connectivity index (χ3n) is 4.17. The summed E-state index contributed by atoms with van der Waals surface area (Å²) in [5.41, 5.74) is 6.19. The topological polar surface area (TPSA) is 20.2 Å². The Morgan fingerprint density at radius 3 is 2.68 bits per heavy atom. The van der Waals surface area contributed by atoms with Gasteiger partial charge in [-0.1, -0.05) is 49.4 Å². The standard InChI is InChI=1S/C18H20O/c1-2-13-6-3-4-9-17(13)18(19)16-11-10-14-7-5-8-15(14)12-16/h3-4,6,9-12,18-19H,2,5,7-8H2,1H3. The van der Waals surface area contributed by atoms with Crippen molar-refractivity contribution in [2.75, 3.05) is 0 Å². The van der Waals surface area contributed by atoms with Crippen molar-refractivity contribution < 1.29 is 5.11 Å². The molecule has 0 aromatic heterocycles. The van der Waals surface area contributed by atoms with Gasteiger partial charge in [-0.25, -0.2) is 0 Å². The normalized spacial score (nSPS) is 15.3. The summed E-state index contributed by atoms with van der Waals surface area (Å²) in [7, 11) is 0. The molecule has 1 unspecified atom stereocenters. The van der Waals surface area contributed by atoms with Crippen LogP contribution in [0.25, 0.3) is 0 Å². The molecule has 0 amide bonds. The summed E-state index contributed by atoms with van der Waals surface area (Å²) >= 11 is 0. The Morgan fingerprint density at radius 2 is 1.84 bits per heavy atom. The van der Waals surface area contributed by atoms with Crippen LogP contribution in [0, 0.1) is 0 Å². The summed E-state index contributed by atoms with van der Waals surface area (Å²) in [5, 5.41) is 10.6. The zero-order chi connectivity index (χ0) is 13.2. The van der Waals surface area contributed by atoms with Crippen molar-refractivity contribution in [3.8, 4) is 0 Å². The van der Waals surface area contributed by atoms with Crippen LogP contribution in [0.3, 0.4) is 0 Å². The maximum Gasteiger partial charge on any atom is 0.104 e. The molecular formula is C18H20O. The second-order valence-electron chi connectivity index (χ2n) is 5.34. The van der Waals surface area contributed by atoms with Gasteiger partial charge in [0, 0.05) is 0 Å². The number of rotatable bonds is 3. The fraction of sp³-hybridized carbons (Fsp3) is 0.333. The molecule has 19 heavy (non-hydrogen) atoms. The van der Waals surface area contributed by atoms with E-state index < -0.39 is 6.10 Å². The van der Waals surface area contributed by atoms with Crippen LogP contribution in [-0.4, -0.2) is 5.11 Å². The van der Waals surface area contributed by atoms with Gasteiger partial charge in [-0.2, -0.15) is 0 Å². The predicted molar refractivity (Wildman–Crippen MR) is 78.3 cm³/mol. The van der Waals surface area contributed by atoms with Gasteiger partial charge in [0.25, 0.3) is 0 Å². The van der Waals surface area contributed by atoms with Crippen molar-refractivity contribution in [2.45, 2.75) is 38.7 Å². The summed E-state index contributed by atoms with van der Waals surface area (Å²) in [6, 6.07) is 14.7. The van der Waals surface area contributed by atoms with E-state index in [4.69, 9.17) is 0 Å². The number of aliphatic hydroxyl groups is 1. The fourth-order valence-corrected chi connectivity index (χ4v) is 3.06. The average Bonchev–Trinajstić information content (AvgIpc) is 2.93. The molecule has 0 aliphatic heterocycles. The molecule has 0 bridgehead atoms. The molecule has 1 aliphatic rings. The largest absolute Gasteiger partial charge is 0.384 e. The molecular weight excluding hydrogens is 232 g/mol. The van der Waals surface area contributed by atoms with Crippen LogP contribution in [0.15, 0.2) is 42.5 Å². The zero-order valence-electron chi connectivity index (χ0n) is 11.4. The molecule has 0 fully saturated rings. The Balaban J connectivity index is 1.97. The molecule has 2 aromatic carbocycles. The second kappa shape index (κ2) is 5.18. The van der Waals surface area contributed by atoms with Crippen molar-refractivity contribution in [3.63, 3.8) is 0 Å². The molecule has 1 aliphatic carbocycles. The minimum atomic E-state index is -0.498. The molecule has 1 atom stereocenters. The van der Waals surface area contributed by atoms with Crippen molar-refractivity contribution >= 4 is 0 Å². The van der Waals surface area contributed by atoms with Crippen molar-refractivity contribution in [3.05, 3.63) is 70.3 Å².